The standard InChI is InChI=1S/C14H13ClN4/c1-19-11-4-3-7-14(9-16,10(11)8-17-19)12-5-2-6-13(15)18-12/h2,5-6,8H,3-4,7H2,1H3. The molecule has 5 heteroatoms. The zero-order valence-electron chi connectivity index (χ0n) is 10.6. The Morgan fingerprint density at radius 2 is 2.32 bits per heavy atom. The van der Waals surface area contributed by atoms with Gasteiger partial charge in [0, 0.05) is 18.3 Å². The van der Waals surface area contributed by atoms with Gasteiger partial charge in [-0.3, -0.25) is 4.68 Å². The number of nitriles is 1. The summed E-state index contributed by atoms with van der Waals surface area (Å²) in [7, 11) is 1.91. The third kappa shape index (κ3) is 1.73. The molecule has 0 fully saturated rings. The normalized spacial score (nSPS) is 21.7. The molecule has 1 atom stereocenters. The first-order valence-electron chi connectivity index (χ1n) is 6.23. The summed E-state index contributed by atoms with van der Waals surface area (Å²) in [4.78, 5) is 4.35. The Morgan fingerprint density at radius 3 is 3.05 bits per heavy atom. The van der Waals surface area contributed by atoms with Crippen LogP contribution in [-0.2, 0) is 18.9 Å². The van der Waals surface area contributed by atoms with Gasteiger partial charge in [-0.1, -0.05) is 17.7 Å². The Morgan fingerprint density at radius 1 is 1.47 bits per heavy atom. The fourth-order valence-electron chi connectivity index (χ4n) is 2.86. The highest BCUT2D eigenvalue weighted by molar-refractivity contribution is 6.29. The number of halogens is 1. The van der Waals surface area contributed by atoms with Gasteiger partial charge in [-0.15, -0.1) is 0 Å². The van der Waals surface area contributed by atoms with Crippen molar-refractivity contribution in [3.8, 4) is 6.07 Å². The van der Waals surface area contributed by atoms with Crippen LogP contribution < -0.4 is 0 Å². The lowest BCUT2D eigenvalue weighted by molar-refractivity contribution is 0.498. The molecule has 0 saturated carbocycles. The van der Waals surface area contributed by atoms with E-state index in [2.05, 4.69) is 16.2 Å². The molecule has 2 heterocycles. The average molecular weight is 273 g/mol. The second-order valence-electron chi connectivity index (χ2n) is 4.84. The van der Waals surface area contributed by atoms with Gasteiger partial charge >= 0.3 is 0 Å². The molecule has 1 aliphatic rings. The van der Waals surface area contributed by atoms with Gasteiger partial charge in [-0.25, -0.2) is 4.98 Å². The van der Waals surface area contributed by atoms with E-state index in [1.807, 2.05) is 23.9 Å². The van der Waals surface area contributed by atoms with Gasteiger partial charge in [0.15, 0.2) is 0 Å². The highest BCUT2D eigenvalue weighted by atomic mass is 35.5. The maximum atomic E-state index is 9.77. The molecule has 2 aromatic heterocycles. The third-order valence-corrected chi connectivity index (χ3v) is 4.04. The van der Waals surface area contributed by atoms with Gasteiger partial charge in [0.25, 0.3) is 0 Å². The van der Waals surface area contributed by atoms with Gasteiger partial charge in [0.2, 0.25) is 0 Å². The molecule has 4 nitrogen and oxygen atoms in total. The van der Waals surface area contributed by atoms with Crippen LogP contribution in [0.15, 0.2) is 24.4 Å². The Labute approximate surface area is 116 Å². The van der Waals surface area contributed by atoms with Gasteiger partial charge in [0.1, 0.15) is 10.6 Å². The molecule has 0 bridgehead atoms. The predicted molar refractivity (Wildman–Crippen MR) is 71.8 cm³/mol. The van der Waals surface area contributed by atoms with Crippen molar-refractivity contribution in [3.05, 3.63) is 46.5 Å². The summed E-state index contributed by atoms with van der Waals surface area (Å²) in [5, 5.41) is 14.5. The Balaban J connectivity index is 2.24. The molecule has 3 rings (SSSR count). The van der Waals surface area contributed by atoms with Crippen LogP contribution in [0, 0.1) is 11.3 Å². The third-order valence-electron chi connectivity index (χ3n) is 3.83. The number of rotatable bonds is 1. The van der Waals surface area contributed by atoms with Gasteiger partial charge in [-0.05, 0) is 31.4 Å². The Hall–Kier alpha value is -1.86. The van der Waals surface area contributed by atoms with Crippen molar-refractivity contribution in [2.24, 2.45) is 7.05 Å². The monoisotopic (exact) mass is 272 g/mol. The van der Waals surface area contributed by atoms with E-state index in [1.54, 1.807) is 12.3 Å². The van der Waals surface area contributed by atoms with Crippen LogP contribution in [0.1, 0.15) is 29.8 Å². The van der Waals surface area contributed by atoms with Crippen molar-refractivity contribution in [1.29, 1.82) is 5.26 Å². The van der Waals surface area contributed by atoms with Crippen molar-refractivity contribution in [2.45, 2.75) is 24.7 Å². The number of aromatic nitrogens is 3. The van der Waals surface area contributed by atoms with E-state index in [9.17, 15) is 5.26 Å². The van der Waals surface area contributed by atoms with Crippen molar-refractivity contribution in [3.63, 3.8) is 0 Å². The van der Waals surface area contributed by atoms with E-state index in [0.717, 1.165) is 36.2 Å². The minimum atomic E-state index is -0.716. The van der Waals surface area contributed by atoms with Gasteiger partial charge in [0.05, 0.1) is 18.0 Å². The number of hydrogen-bond donors (Lipinski definition) is 0. The van der Waals surface area contributed by atoms with Crippen LogP contribution in [0.4, 0.5) is 0 Å². The second kappa shape index (κ2) is 4.36. The first kappa shape index (κ1) is 12.2. The maximum Gasteiger partial charge on any atom is 0.129 e. The molecule has 0 amide bonds. The topological polar surface area (TPSA) is 54.5 Å². The van der Waals surface area contributed by atoms with Gasteiger partial charge < -0.3 is 0 Å². The lowest BCUT2D eigenvalue weighted by atomic mass is 9.71. The summed E-state index contributed by atoms with van der Waals surface area (Å²) in [6, 6.07) is 7.90. The molecule has 1 aliphatic carbocycles. The quantitative estimate of drug-likeness (QED) is 0.750. The van der Waals surface area contributed by atoms with E-state index >= 15 is 0 Å². The minimum Gasteiger partial charge on any atom is -0.272 e. The number of fused-ring (bicyclic) bond motifs is 1. The summed E-state index contributed by atoms with van der Waals surface area (Å²) in [6.07, 6.45) is 4.46. The molecule has 96 valence electrons. The maximum absolute atomic E-state index is 9.77. The summed E-state index contributed by atoms with van der Waals surface area (Å²) < 4.78 is 1.85. The number of aryl methyl sites for hydroxylation is 1. The largest absolute Gasteiger partial charge is 0.272 e. The molecule has 2 aromatic rings. The number of hydrogen-bond acceptors (Lipinski definition) is 3. The van der Waals surface area contributed by atoms with Crippen LogP contribution in [0.5, 0.6) is 0 Å². The van der Waals surface area contributed by atoms with Crippen molar-refractivity contribution < 1.29 is 0 Å². The zero-order chi connectivity index (χ0) is 13.5. The molecule has 0 aliphatic heterocycles. The summed E-state index contributed by atoms with van der Waals surface area (Å²) in [6.45, 7) is 0. The minimum absolute atomic E-state index is 0.420. The molecule has 19 heavy (non-hydrogen) atoms. The van der Waals surface area contributed by atoms with E-state index in [-0.39, 0.29) is 0 Å². The van der Waals surface area contributed by atoms with Crippen molar-refractivity contribution in [1.82, 2.24) is 14.8 Å². The summed E-state index contributed by atoms with van der Waals surface area (Å²) in [5.41, 5.74) is 2.09. The van der Waals surface area contributed by atoms with E-state index < -0.39 is 5.41 Å². The van der Waals surface area contributed by atoms with Crippen LogP contribution in [0.3, 0.4) is 0 Å². The molecule has 0 N–H and O–H groups in total. The lowest BCUT2D eigenvalue weighted by Gasteiger charge is -2.30. The fourth-order valence-corrected chi connectivity index (χ4v) is 3.02. The van der Waals surface area contributed by atoms with E-state index in [4.69, 9.17) is 11.6 Å². The number of nitrogens with zero attached hydrogens (tertiary/aromatic N) is 4. The molecule has 1 unspecified atom stereocenters. The molecule has 0 spiro atoms. The molecular weight excluding hydrogens is 260 g/mol. The average Bonchev–Trinajstić information content (AvgIpc) is 2.81. The Bertz CT molecular complexity index is 670. The molecule has 0 aromatic carbocycles. The first-order chi connectivity index (χ1) is 9.17. The van der Waals surface area contributed by atoms with Crippen LogP contribution in [0.2, 0.25) is 5.15 Å². The number of pyridine rings is 1. The van der Waals surface area contributed by atoms with Crippen molar-refractivity contribution in [2.75, 3.05) is 0 Å². The highest BCUT2D eigenvalue weighted by Gasteiger charge is 2.41. The van der Waals surface area contributed by atoms with Gasteiger partial charge in [-0.2, -0.15) is 10.4 Å². The molecule has 0 radical (unpaired) electrons. The SMILES string of the molecule is Cn1ncc2c1CCCC2(C#N)c1cccc(Cl)n1. The molecule has 0 saturated heterocycles. The fraction of sp³-hybridized carbons (Fsp3) is 0.357. The lowest BCUT2D eigenvalue weighted by Crippen LogP contribution is -2.31. The predicted octanol–water partition coefficient (Wildman–Crippen LogP) is 2.61. The summed E-state index contributed by atoms with van der Waals surface area (Å²) >= 11 is 5.97. The van der Waals surface area contributed by atoms with Crippen LogP contribution >= 0.6 is 11.6 Å². The van der Waals surface area contributed by atoms with Crippen LogP contribution in [-0.4, -0.2) is 14.8 Å². The van der Waals surface area contributed by atoms with E-state index in [0.29, 0.717) is 5.15 Å². The smallest absolute Gasteiger partial charge is 0.129 e. The Kier molecular flexibility index (Phi) is 2.79. The summed E-state index contributed by atoms with van der Waals surface area (Å²) in [5.74, 6) is 0. The first-order valence-corrected chi connectivity index (χ1v) is 6.61. The highest BCUT2D eigenvalue weighted by Crippen LogP contribution is 2.41. The van der Waals surface area contributed by atoms with Crippen LogP contribution in [0.25, 0.3) is 0 Å². The molecular formula is C14H13ClN4. The van der Waals surface area contributed by atoms with E-state index in [1.165, 1.54) is 0 Å². The van der Waals surface area contributed by atoms with Crippen molar-refractivity contribution >= 4 is 11.6 Å². The second-order valence-corrected chi connectivity index (χ2v) is 5.23. The zero-order valence-corrected chi connectivity index (χ0v) is 11.4.